The number of ether oxygens (including phenoxy) is 8. The van der Waals surface area contributed by atoms with E-state index in [9.17, 15) is 0 Å². The van der Waals surface area contributed by atoms with Crippen LogP contribution in [0.2, 0.25) is 0 Å². The maximum atomic E-state index is 6.13. The van der Waals surface area contributed by atoms with E-state index in [-0.39, 0.29) is 27.2 Å². The van der Waals surface area contributed by atoms with Crippen LogP contribution < -0.4 is 18.9 Å². The molecule has 6 aromatic rings. The van der Waals surface area contributed by atoms with Crippen molar-refractivity contribution in [3.63, 3.8) is 0 Å². The van der Waals surface area contributed by atoms with E-state index in [4.69, 9.17) is 37.9 Å². The molecule has 0 aliphatic heterocycles. The summed E-state index contributed by atoms with van der Waals surface area (Å²) >= 11 is 0. The van der Waals surface area contributed by atoms with Crippen LogP contribution in [0, 0.1) is 0 Å². The first-order chi connectivity index (χ1) is 29.5. The largest absolute Gasteiger partial charge is 0.467 e. The van der Waals surface area contributed by atoms with Crippen LogP contribution in [-0.4, -0.2) is 55.6 Å². The van der Waals surface area contributed by atoms with E-state index in [1.54, 1.807) is 28.4 Å². The molecule has 0 saturated heterocycles. The van der Waals surface area contributed by atoms with Crippen LogP contribution in [0.3, 0.4) is 0 Å². The second-order valence-electron chi connectivity index (χ2n) is 15.2. The van der Waals surface area contributed by atoms with Crippen LogP contribution in [0.15, 0.2) is 121 Å². The molecule has 0 atom stereocenters. The zero-order chi connectivity index (χ0) is 41.5. The Hall–Kier alpha value is -5.64. The molecule has 0 aromatic heterocycles. The summed E-state index contributed by atoms with van der Waals surface area (Å²) < 4.78 is 45.8. The van der Waals surface area contributed by atoms with Gasteiger partial charge >= 0.3 is 0 Å². The molecule has 0 amide bonds. The van der Waals surface area contributed by atoms with E-state index < -0.39 is 0 Å². The molecule has 60 heavy (non-hydrogen) atoms. The van der Waals surface area contributed by atoms with Crippen LogP contribution in [0.4, 0.5) is 0 Å². The smallest absolute Gasteiger partial charge is 0.188 e. The highest BCUT2D eigenvalue weighted by Crippen LogP contribution is 2.40. The molecule has 0 radical (unpaired) electrons. The minimum Gasteiger partial charge on any atom is -0.467 e. The van der Waals surface area contributed by atoms with E-state index in [0.717, 1.165) is 96.6 Å². The molecule has 4 aliphatic carbocycles. The zero-order valence-electron chi connectivity index (χ0n) is 35.3. The Morgan fingerprint density at radius 1 is 0.267 bits per heavy atom. The number of methoxy groups -OCH3 is 4. The van der Waals surface area contributed by atoms with E-state index in [2.05, 4.69) is 97.1 Å². The second kappa shape index (κ2) is 21.6. The number of benzene rings is 6. The van der Waals surface area contributed by atoms with E-state index in [0.29, 0.717) is 0 Å². The van der Waals surface area contributed by atoms with Crippen LogP contribution in [-0.2, 0) is 70.3 Å². The van der Waals surface area contributed by atoms with Gasteiger partial charge in [-0.1, -0.05) is 72.8 Å². The molecule has 8 nitrogen and oxygen atoms in total. The van der Waals surface area contributed by atoms with Crippen molar-refractivity contribution in [3.8, 4) is 45.3 Å². The molecule has 0 heterocycles. The Bertz CT molecular complexity index is 1960. The first kappa shape index (κ1) is 42.5. The summed E-state index contributed by atoms with van der Waals surface area (Å²) in [4.78, 5) is 0. The number of aryl methyl sites for hydroxylation is 8. The number of rotatable bonds is 12. The van der Waals surface area contributed by atoms with Gasteiger partial charge in [0.05, 0.1) is 0 Å². The summed E-state index contributed by atoms with van der Waals surface area (Å²) in [6.45, 7) is 0.592. The van der Waals surface area contributed by atoms with Gasteiger partial charge in [-0.15, -0.1) is 0 Å². The highest BCUT2D eigenvalue weighted by molar-refractivity contribution is 5.78. The van der Waals surface area contributed by atoms with Crippen LogP contribution in [0.25, 0.3) is 22.3 Å². The van der Waals surface area contributed by atoms with Crippen molar-refractivity contribution >= 4 is 0 Å². The predicted octanol–water partition coefficient (Wildman–Crippen LogP) is 10.4. The quantitative estimate of drug-likeness (QED) is 0.113. The Balaban J connectivity index is 1.24. The van der Waals surface area contributed by atoms with Gasteiger partial charge in [0, 0.05) is 50.7 Å². The van der Waals surface area contributed by atoms with Crippen LogP contribution in [0.1, 0.15) is 44.5 Å². The third-order valence-electron chi connectivity index (χ3n) is 10.9. The summed E-state index contributed by atoms with van der Waals surface area (Å²) in [6, 6.07) is 43.8. The summed E-state index contributed by atoms with van der Waals surface area (Å²) in [6.07, 6.45) is 7.12. The van der Waals surface area contributed by atoms with Gasteiger partial charge in [0.25, 0.3) is 0 Å². The monoisotopic (exact) mass is 808 g/mol. The van der Waals surface area contributed by atoms with Crippen molar-refractivity contribution in [2.24, 2.45) is 0 Å². The first-order valence-electron chi connectivity index (χ1n) is 20.7. The Labute approximate surface area is 354 Å². The van der Waals surface area contributed by atoms with Gasteiger partial charge in [0.15, 0.2) is 27.2 Å². The minimum atomic E-state index is 0.148. The highest BCUT2D eigenvalue weighted by Gasteiger charge is 2.17. The summed E-state index contributed by atoms with van der Waals surface area (Å²) in [5, 5.41) is 0. The molecule has 6 aromatic carbocycles. The number of hydrogen-bond donors (Lipinski definition) is 0. The molecule has 0 fully saturated rings. The number of hydrogen-bond acceptors (Lipinski definition) is 8. The maximum absolute atomic E-state index is 6.13. The van der Waals surface area contributed by atoms with Crippen molar-refractivity contribution in [1.82, 2.24) is 0 Å². The van der Waals surface area contributed by atoms with Crippen molar-refractivity contribution in [2.45, 2.75) is 51.4 Å². The van der Waals surface area contributed by atoms with Gasteiger partial charge in [-0.05, 0) is 144 Å². The van der Waals surface area contributed by atoms with Gasteiger partial charge in [-0.3, -0.25) is 0 Å². The third-order valence-corrected chi connectivity index (χ3v) is 10.9. The van der Waals surface area contributed by atoms with Gasteiger partial charge in [-0.25, -0.2) is 0 Å². The summed E-state index contributed by atoms with van der Waals surface area (Å²) in [5.41, 5.74) is 13.9. The molecular weight excluding hydrogens is 753 g/mol. The van der Waals surface area contributed by atoms with Gasteiger partial charge < -0.3 is 37.9 Å². The molecule has 0 saturated carbocycles. The highest BCUT2D eigenvalue weighted by atomic mass is 16.7. The van der Waals surface area contributed by atoms with Crippen LogP contribution in [0.5, 0.6) is 23.0 Å². The average molecular weight is 809 g/mol. The molecule has 0 N–H and O–H groups in total. The molecule has 8 heteroatoms. The molecule has 10 rings (SSSR count). The van der Waals surface area contributed by atoms with Gasteiger partial charge in [-0.2, -0.15) is 0 Å². The maximum Gasteiger partial charge on any atom is 0.188 e. The normalized spacial score (nSPS) is 13.0. The summed E-state index contributed by atoms with van der Waals surface area (Å²) in [5.74, 6) is 2.98. The van der Waals surface area contributed by atoms with E-state index in [1.165, 1.54) is 44.5 Å². The van der Waals surface area contributed by atoms with Crippen molar-refractivity contribution < 1.29 is 37.9 Å². The zero-order valence-corrected chi connectivity index (χ0v) is 35.3. The lowest BCUT2D eigenvalue weighted by Gasteiger charge is -2.18. The third kappa shape index (κ3) is 11.3. The van der Waals surface area contributed by atoms with Gasteiger partial charge in [0.1, 0.15) is 23.0 Å². The summed E-state index contributed by atoms with van der Waals surface area (Å²) in [7, 11) is 6.55. The lowest BCUT2D eigenvalue weighted by Crippen LogP contribution is -2.04. The molecule has 0 unspecified atom stereocenters. The second-order valence-corrected chi connectivity index (χ2v) is 15.2. The Kier molecular flexibility index (Phi) is 15.3. The fourth-order valence-electron chi connectivity index (χ4n) is 7.67. The van der Waals surface area contributed by atoms with Gasteiger partial charge in [0.2, 0.25) is 0 Å². The Morgan fingerprint density at radius 3 is 0.650 bits per heavy atom. The van der Waals surface area contributed by atoms with E-state index in [1.807, 2.05) is 24.3 Å². The van der Waals surface area contributed by atoms with Crippen molar-refractivity contribution in [2.75, 3.05) is 55.6 Å². The van der Waals surface area contributed by atoms with E-state index >= 15 is 0 Å². The molecular formula is C52H56O8. The fraction of sp³-hybridized carbons (Fsp3) is 0.308. The Morgan fingerprint density at radius 2 is 0.450 bits per heavy atom. The first-order valence-corrected chi connectivity index (χ1v) is 20.7. The van der Waals surface area contributed by atoms with Crippen LogP contribution >= 0.6 is 0 Å². The standard InChI is InChI=1S/C52H56O8/c1-53-33-57-49-25-21-41-17-13-37-5-7-39(8-6-37)15-19-43-23-27-51(59-35-55-3)47(31-43)48-32-44(24-28-52(48)60-36-56-4)20-16-40-11-9-38(10-12-40)14-18-42-22-26-50(58-34-54-2)46(30-42)45(49)29-41/h5-12,21-32H,13-20,33-36H2,1-4H3. The van der Waals surface area contributed by atoms with Crippen molar-refractivity contribution in [3.05, 3.63) is 166 Å². The average Bonchev–Trinajstić information content (AvgIpc) is 3.29. The predicted molar refractivity (Wildman–Crippen MR) is 236 cm³/mol. The lowest BCUT2D eigenvalue weighted by molar-refractivity contribution is 0.0500. The molecule has 312 valence electrons. The molecule has 12 bridgehead atoms. The molecule has 0 spiro atoms. The fourth-order valence-corrected chi connectivity index (χ4v) is 7.67. The molecule has 4 aliphatic rings. The topological polar surface area (TPSA) is 73.8 Å². The SMILES string of the molecule is COCOc1ccc2cc1-c1cc(ccc1OCOC)CCc1ccc(cc1)CCc1ccc(OCOC)c(c1)-c1cc(ccc1OCOC)CCc1ccc(cc1)CC2. The lowest BCUT2D eigenvalue weighted by atomic mass is 9.93. The van der Waals surface area contributed by atoms with Crippen molar-refractivity contribution in [1.29, 1.82) is 0 Å². The minimum absolute atomic E-state index is 0.148.